The lowest BCUT2D eigenvalue weighted by Gasteiger charge is -2.25. The molecule has 0 N–H and O–H groups in total. The van der Waals surface area contributed by atoms with Gasteiger partial charge in [0.15, 0.2) is 0 Å². The molecule has 3 heteroatoms. The normalized spacial score (nSPS) is 12.0. The van der Waals surface area contributed by atoms with Crippen molar-refractivity contribution in [2.45, 2.75) is 47.5 Å². The Hall–Kier alpha value is -0.120. The zero-order chi connectivity index (χ0) is 14.5. The second-order valence-corrected chi connectivity index (χ2v) is 5.20. The van der Waals surface area contributed by atoms with Gasteiger partial charge in [-0.3, -0.25) is 0 Å². The van der Waals surface area contributed by atoms with Crippen LogP contribution in [0.15, 0.2) is 0 Å². The second kappa shape index (κ2) is 12.9. The molecule has 0 unspecified atom stereocenters. The number of rotatable bonds is 13. The lowest BCUT2D eigenvalue weighted by molar-refractivity contribution is 0.224. The summed E-state index contributed by atoms with van der Waals surface area (Å²) >= 11 is 0. The van der Waals surface area contributed by atoms with Crippen molar-refractivity contribution in [1.82, 2.24) is 14.7 Å². The van der Waals surface area contributed by atoms with Gasteiger partial charge in [0.25, 0.3) is 0 Å². The minimum atomic E-state index is 1.19. The first-order valence-corrected chi connectivity index (χ1v) is 8.38. The zero-order valence-electron chi connectivity index (χ0n) is 14.1. The van der Waals surface area contributed by atoms with E-state index in [1.54, 1.807) is 0 Å². The highest BCUT2D eigenvalue weighted by Crippen LogP contribution is 1.98. The van der Waals surface area contributed by atoms with E-state index >= 15 is 0 Å². The predicted molar refractivity (Wildman–Crippen MR) is 86.9 cm³/mol. The van der Waals surface area contributed by atoms with Crippen molar-refractivity contribution in [1.29, 1.82) is 0 Å². The fourth-order valence-corrected chi connectivity index (χ4v) is 2.54. The van der Waals surface area contributed by atoms with Gasteiger partial charge >= 0.3 is 0 Å². The average molecular weight is 271 g/mol. The molecule has 0 amide bonds. The fraction of sp³-hybridized carbons (Fsp3) is 1.00. The van der Waals surface area contributed by atoms with Crippen molar-refractivity contribution < 1.29 is 0 Å². The molecule has 0 spiro atoms. The van der Waals surface area contributed by atoms with Crippen LogP contribution in [-0.4, -0.2) is 73.6 Å². The summed E-state index contributed by atoms with van der Waals surface area (Å²) in [5.41, 5.74) is 0. The maximum Gasteiger partial charge on any atom is -0.000665 e. The molecule has 0 aromatic heterocycles. The molecule has 0 aliphatic heterocycles. The van der Waals surface area contributed by atoms with Crippen LogP contribution in [0.25, 0.3) is 0 Å². The van der Waals surface area contributed by atoms with E-state index < -0.39 is 0 Å². The quantitative estimate of drug-likeness (QED) is 0.510. The van der Waals surface area contributed by atoms with Crippen molar-refractivity contribution in [2.24, 2.45) is 0 Å². The van der Waals surface area contributed by atoms with Gasteiger partial charge in [0.05, 0.1) is 0 Å². The van der Waals surface area contributed by atoms with Crippen LogP contribution in [0.1, 0.15) is 47.5 Å². The van der Waals surface area contributed by atoms with Crippen LogP contribution in [0, 0.1) is 0 Å². The summed E-state index contributed by atoms with van der Waals surface area (Å²) in [6.07, 6.45) is 2.61. The Morgan fingerprint density at radius 2 is 0.684 bits per heavy atom. The van der Waals surface area contributed by atoms with Crippen LogP contribution in [0.4, 0.5) is 0 Å². The SMILES string of the molecule is CCN(CC)CCCN(CC)CCCN(CC)CC. The Bertz CT molecular complexity index is 159. The van der Waals surface area contributed by atoms with Gasteiger partial charge in [0.1, 0.15) is 0 Å². The molecule has 116 valence electrons. The molecule has 0 atom stereocenters. The van der Waals surface area contributed by atoms with E-state index in [2.05, 4.69) is 49.3 Å². The van der Waals surface area contributed by atoms with Gasteiger partial charge in [-0.25, -0.2) is 0 Å². The van der Waals surface area contributed by atoms with E-state index in [4.69, 9.17) is 0 Å². The summed E-state index contributed by atoms with van der Waals surface area (Å²) in [6, 6.07) is 0. The van der Waals surface area contributed by atoms with E-state index in [1.807, 2.05) is 0 Å². The van der Waals surface area contributed by atoms with Crippen LogP contribution in [0.2, 0.25) is 0 Å². The van der Waals surface area contributed by atoms with E-state index in [-0.39, 0.29) is 0 Å². The minimum absolute atomic E-state index is 1.19. The Labute approximate surface area is 121 Å². The molecule has 19 heavy (non-hydrogen) atoms. The first-order valence-electron chi connectivity index (χ1n) is 8.38. The molecule has 0 heterocycles. The van der Waals surface area contributed by atoms with E-state index in [0.717, 1.165) is 0 Å². The molecule has 0 bridgehead atoms. The smallest absolute Gasteiger partial charge is 0.000665 e. The Kier molecular flexibility index (Phi) is 12.8. The molecule has 0 aromatic rings. The topological polar surface area (TPSA) is 9.72 Å². The third-order valence-corrected chi connectivity index (χ3v) is 4.13. The molecule has 0 saturated heterocycles. The second-order valence-electron chi connectivity index (χ2n) is 5.20. The van der Waals surface area contributed by atoms with E-state index in [1.165, 1.54) is 71.7 Å². The summed E-state index contributed by atoms with van der Waals surface area (Å²) < 4.78 is 0. The Morgan fingerprint density at radius 1 is 0.421 bits per heavy atom. The molecule has 0 aliphatic rings. The lowest BCUT2D eigenvalue weighted by Crippen LogP contribution is -2.32. The van der Waals surface area contributed by atoms with Gasteiger partial charge in [-0.1, -0.05) is 34.6 Å². The third-order valence-electron chi connectivity index (χ3n) is 4.13. The van der Waals surface area contributed by atoms with Crippen LogP contribution in [-0.2, 0) is 0 Å². The highest BCUT2D eigenvalue weighted by molar-refractivity contribution is 4.61. The third kappa shape index (κ3) is 9.42. The minimum Gasteiger partial charge on any atom is -0.304 e. The monoisotopic (exact) mass is 271 g/mol. The van der Waals surface area contributed by atoms with Gasteiger partial charge in [-0.15, -0.1) is 0 Å². The lowest BCUT2D eigenvalue weighted by atomic mass is 10.3. The first-order chi connectivity index (χ1) is 9.21. The zero-order valence-corrected chi connectivity index (χ0v) is 14.1. The summed E-state index contributed by atoms with van der Waals surface area (Å²) in [4.78, 5) is 7.64. The van der Waals surface area contributed by atoms with E-state index in [0.29, 0.717) is 0 Å². The van der Waals surface area contributed by atoms with Crippen molar-refractivity contribution in [3.63, 3.8) is 0 Å². The van der Waals surface area contributed by atoms with Crippen molar-refractivity contribution in [2.75, 3.05) is 58.9 Å². The van der Waals surface area contributed by atoms with Gasteiger partial charge in [0, 0.05) is 0 Å². The number of hydrogen-bond acceptors (Lipinski definition) is 3. The number of nitrogens with zero attached hydrogens (tertiary/aromatic N) is 3. The highest BCUT2D eigenvalue weighted by Gasteiger charge is 2.05. The van der Waals surface area contributed by atoms with Crippen molar-refractivity contribution in [3.8, 4) is 0 Å². The van der Waals surface area contributed by atoms with Crippen LogP contribution >= 0.6 is 0 Å². The summed E-state index contributed by atoms with van der Waals surface area (Å²) in [6.45, 7) is 22.2. The van der Waals surface area contributed by atoms with Crippen LogP contribution in [0.5, 0.6) is 0 Å². The van der Waals surface area contributed by atoms with Gasteiger partial charge in [-0.05, 0) is 71.7 Å². The molecule has 0 aromatic carbocycles. The molecule has 3 nitrogen and oxygen atoms in total. The molecule has 0 fully saturated rings. The van der Waals surface area contributed by atoms with Gasteiger partial charge < -0.3 is 14.7 Å². The largest absolute Gasteiger partial charge is 0.304 e. The standard InChI is InChI=1S/C16H37N3/c1-6-17(7-2)13-11-15-19(10-5)16-12-14-18(8-3)9-4/h6-16H2,1-5H3. The molecule has 0 radical (unpaired) electrons. The average Bonchev–Trinajstić information content (AvgIpc) is 2.46. The summed E-state index contributed by atoms with van der Waals surface area (Å²) in [5, 5.41) is 0. The van der Waals surface area contributed by atoms with Gasteiger partial charge in [0.2, 0.25) is 0 Å². The fourth-order valence-electron chi connectivity index (χ4n) is 2.54. The summed E-state index contributed by atoms with van der Waals surface area (Å²) in [5.74, 6) is 0. The molecular weight excluding hydrogens is 234 g/mol. The molecule has 0 aliphatic carbocycles. The van der Waals surface area contributed by atoms with Crippen LogP contribution < -0.4 is 0 Å². The van der Waals surface area contributed by atoms with Crippen molar-refractivity contribution in [3.05, 3.63) is 0 Å². The van der Waals surface area contributed by atoms with E-state index in [9.17, 15) is 0 Å². The number of hydrogen-bond donors (Lipinski definition) is 0. The van der Waals surface area contributed by atoms with Crippen molar-refractivity contribution >= 4 is 0 Å². The Balaban J connectivity index is 3.70. The molecular formula is C16H37N3. The Morgan fingerprint density at radius 3 is 0.947 bits per heavy atom. The first kappa shape index (κ1) is 18.9. The molecule has 0 rings (SSSR count). The summed E-state index contributed by atoms with van der Waals surface area (Å²) in [7, 11) is 0. The maximum absolute atomic E-state index is 2.60. The highest BCUT2D eigenvalue weighted by atomic mass is 15.1. The predicted octanol–water partition coefficient (Wildman–Crippen LogP) is 2.77. The van der Waals surface area contributed by atoms with Crippen LogP contribution in [0.3, 0.4) is 0 Å². The maximum atomic E-state index is 2.60. The molecule has 0 saturated carbocycles. The van der Waals surface area contributed by atoms with Gasteiger partial charge in [-0.2, -0.15) is 0 Å².